The smallest absolute Gasteiger partial charge is 0.410 e. The van der Waals surface area contributed by atoms with Crippen LogP contribution in [0, 0.1) is 0 Å². The third kappa shape index (κ3) is 5.24. The van der Waals surface area contributed by atoms with Crippen LogP contribution in [-0.2, 0) is 4.74 Å². The van der Waals surface area contributed by atoms with E-state index in [0.29, 0.717) is 19.6 Å². The zero-order valence-electron chi connectivity index (χ0n) is 18.8. The van der Waals surface area contributed by atoms with E-state index in [0.717, 1.165) is 48.9 Å². The molecule has 2 aliphatic rings. The molecule has 2 aliphatic heterocycles. The first-order valence-corrected chi connectivity index (χ1v) is 11.2. The van der Waals surface area contributed by atoms with E-state index in [-0.39, 0.29) is 6.09 Å². The van der Waals surface area contributed by atoms with Crippen LogP contribution in [0.25, 0.3) is 11.3 Å². The van der Waals surface area contributed by atoms with Crippen molar-refractivity contribution in [3.8, 4) is 11.3 Å². The van der Waals surface area contributed by atoms with Crippen LogP contribution in [0.3, 0.4) is 0 Å². The normalized spacial score (nSPS) is 17.6. The van der Waals surface area contributed by atoms with Crippen LogP contribution < -0.4 is 9.80 Å². The molecular weight excluding hydrogens is 392 g/mol. The van der Waals surface area contributed by atoms with Gasteiger partial charge in [-0.25, -0.2) is 14.8 Å². The zero-order valence-corrected chi connectivity index (χ0v) is 18.8. The lowest BCUT2D eigenvalue weighted by molar-refractivity contribution is 0.0263. The predicted octanol–water partition coefficient (Wildman–Crippen LogP) is 3.59. The number of rotatable bonds is 3. The molecule has 2 fully saturated rings. The summed E-state index contributed by atoms with van der Waals surface area (Å²) >= 11 is 0. The van der Waals surface area contributed by atoms with Crippen LogP contribution >= 0.6 is 0 Å². The van der Waals surface area contributed by atoms with Gasteiger partial charge in [0.2, 0.25) is 0 Å². The van der Waals surface area contributed by atoms with Gasteiger partial charge in [-0.15, -0.1) is 0 Å². The number of hydrogen-bond donors (Lipinski definition) is 0. The SMILES string of the molecule is CC(C)(C)OC(=O)N1CCCN(c2nc(-c3ccncc3)cnc2N2CCCC2)CC1. The molecular formula is C23H32N6O2. The van der Waals surface area contributed by atoms with Crippen molar-refractivity contribution in [2.45, 2.75) is 45.6 Å². The van der Waals surface area contributed by atoms with Gasteiger partial charge in [0.1, 0.15) is 5.60 Å². The molecule has 0 unspecified atom stereocenters. The first kappa shape index (κ1) is 21.3. The van der Waals surface area contributed by atoms with Crippen LogP contribution in [-0.4, -0.2) is 70.8 Å². The molecule has 0 atom stereocenters. The maximum Gasteiger partial charge on any atom is 0.410 e. The molecule has 4 rings (SSSR count). The van der Waals surface area contributed by atoms with Crippen LogP contribution in [0.1, 0.15) is 40.0 Å². The third-order valence-electron chi connectivity index (χ3n) is 5.56. The number of carbonyl (C=O) groups is 1. The average Bonchev–Trinajstić information content (AvgIpc) is 3.17. The van der Waals surface area contributed by atoms with E-state index in [9.17, 15) is 4.79 Å². The first-order chi connectivity index (χ1) is 14.9. The minimum atomic E-state index is -0.490. The van der Waals surface area contributed by atoms with E-state index in [2.05, 4.69) is 14.8 Å². The summed E-state index contributed by atoms with van der Waals surface area (Å²) in [6.45, 7) is 10.5. The maximum absolute atomic E-state index is 12.6. The molecule has 0 saturated carbocycles. The Kier molecular flexibility index (Phi) is 6.25. The van der Waals surface area contributed by atoms with Crippen molar-refractivity contribution in [2.75, 3.05) is 49.1 Å². The van der Waals surface area contributed by atoms with E-state index in [1.165, 1.54) is 12.8 Å². The molecule has 2 aromatic heterocycles. The summed E-state index contributed by atoms with van der Waals surface area (Å²) in [6, 6.07) is 3.91. The number of aromatic nitrogens is 3. The zero-order chi connectivity index (χ0) is 21.8. The molecule has 8 nitrogen and oxygen atoms in total. The minimum Gasteiger partial charge on any atom is -0.444 e. The Hall–Kier alpha value is -2.90. The molecule has 0 spiro atoms. The van der Waals surface area contributed by atoms with E-state index in [1.807, 2.05) is 39.1 Å². The lowest BCUT2D eigenvalue weighted by Crippen LogP contribution is -2.39. The number of anilines is 2. The average molecular weight is 425 g/mol. The van der Waals surface area contributed by atoms with Gasteiger partial charge < -0.3 is 19.4 Å². The van der Waals surface area contributed by atoms with Crippen molar-refractivity contribution in [1.82, 2.24) is 19.9 Å². The van der Waals surface area contributed by atoms with Crippen LogP contribution in [0.15, 0.2) is 30.7 Å². The van der Waals surface area contributed by atoms with Crippen LogP contribution in [0.5, 0.6) is 0 Å². The molecule has 0 bridgehead atoms. The quantitative estimate of drug-likeness (QED) is 0.745. The summed E-state index contributed by atoms with van der Waals surface area (Å²) in [5.41, 5.74) is 1.35. The molecule has 4 heterocycles. The fraction of sp³-hybridized carbons (Fsp3) is 0.565. The Morgan fingerprint density at radius 1 is 0.903 bits per heavy atom. The second-order valence-electron chi connectivity index (χ2n) is 9.14. The van der Waals surface area contributed by atoms with Gasteiger partial charge in [0.05, 0.1) is 11.9 Å². The summed E-state index contributed by atoms with van der Waals surface area (Å²) in [5, 5.41) is 0. The molecule has 0 aromatic carbocycles. The van der Waals surface area contributed by atoms with Crippen molar-refractivity contribution >= 4 is 17.7 Å². The fourth-order valence-electron chi connectivity index (χ4n) is 4.04. The van der Waals surface area contributed by atoms with Crippen molar-refractivity contribution in [2.24, 2.45) is 0 Å². The van der Waals surface area contributed by atoms with Gasteiger partial charge in [-0.05, 0) is 52.2 Å². The predicted molar refractivity (Wildman–Crippen MR) is 121 cm³/mol. The van der Waals surface area contributed by atoms with E-state index in [1.54, 1.807) is 17.3 Å². The van der Waals surface area contributed by atoms with Crippen molar-refractivity contribution in [1.29, 1.82) is 0 Å². The molecule has 0 radical (unpaired) electrons. The molecule has 2 aromatic rings. The molecule has 0 N–H and O–H groups in total. The lowest BCUT2D eigenvalue weighted by Gasteiger charge is -2.28. The number of hydrogen-bond acceptors (Lipinski definition) is 7. The highest BCUT2D eigenvalue weighted by Gasteiger charge is 2.28. The third-order valence-corrected chi connectivity index (χ3v) is 5.56. The topological polar surface area (TPSA) is 74.7 Å². The second kappa shape index (κ2) is 9.08. The van der Waals surface area contributed by atoms with Crippen molar-refractivity contribution < 1.29 is 9.53 Å². The van der Waals surface area contributed by atoms with Crippen molar-refractivity contribution in [3.05, 3.63) is 30.7 Å². The molecule has 31 heavy (non-hydrogen) atoms. The molecule has 166 valence electrons. The molecule has 2 saturated heterocycles. The summed E-state index contributed by atoms with van der Waals surface area (Å²) in [7, 11) is 0. The Labute approximate surface area is 184 Å². The monoisotopic (exact) mass is 424 g/mol. The van der Waals surface area contributed by atoms with Crippen LogP contribution in [0.2, 0.25) is 0 Å². The maximum atomic E-state index is 12.6. The summed E-state index contributed by atoms with van der Waals surface area (Å²) in [5.74, 6) is 1.85. The largest absolute Gasteiger partial charge is 0.444 e. The van der Waals surface area contributed by atoms with E-state index >= 15 is 0 Å². The minimum absolute atomic E-state index is 0.245. The van der Waals surface area contributed by atoms with Crippen LogP contribution in [0.4, 0.5) is 16.4 Å². The molecule has 0 aliphatic carbocycles. The Morgan fingerprint density at radius 3 is 2.29 bits per heavy atom. The number of nitrogens with zero attached hydrogens (tertiary/aromatic N) is 6. The fourth-order valence-corrected chi connectivity index (χ4v) is 4.04. The van der Waals surface area contributed by atoms with Gasteiger partial charge in [-0.1, -0.05) is 0 Å². The summed E-state index contributed by atoms with van der Waals surface area (Å²) in [6.07, 6.45) is 8.38. The molecule has 1 amide bonds. The molecule has 8 heteroatoms. The number of amides is 1. The number of pyridine rings is 1. The standard InChI is InChI=1S/C23H32N6O2/c1-23(2,3)31-22(30)29-14-6-13-28(15-16-29)21-20(27-11-4-5-12-27)25-17-19(26-21)18-7-9-24-10-8-18/h7-10,17H,4-6,11-16H2,1-3H3. The number of carbonyl (C=O) groups excluding carboxylic acids is 1. The van der Waals surface area contributed by atoms with E-state index in [4.69, 9.17) is 14.7 Å². The Morgan fingerprint density at radius 2 is 1.58 bits per heavy atom. The first-order valence-electron chi connectivity index (χ1n) is 11.2. The summed E-state index contributed by atoms with van der Waals surface area (Å²) < 4.78 is 5.58. The van der Waals surface area contributed by atoms with Gasteiger partial charge in [0.25, 0.3) is 0 Å². The highest BCUT2D eigenvalue weighted by Crippen LogP contribution is 2.31. The van der Waals surface area contributed by atoms with E-state index < -0.39 is 5.60 Å². The van der Waals surface area contributed by atoms with Gasteiger partial charge in [-0.3, -0.25) is 4.98 Å². The van der Waals surface area contributed by atoms with Crippen molar-refractivity contribution in [3.63, 3.8) is 0 Å². The van der Waals surface area contributed by atoms with Gasteiger partial charge in [-0.2, -0.15) is 0 Å². The Balaban J connectivity index is 1.58. The lowest BCUT2D eigenvalue weighted by atomic mass is 10.2. The van der Waals surface area contributed by atoms with Gasteiger partial charge in [0, 0.05) is 57.2 Å². The van der Waals surface area contributed by atoms with Gasteiger partial charge >= 0.3 is 6.09 Å². The highest BCUT2D eigenvalue weighted by atomic mass is 16.6. The highest BCUT2D eigenvalue weighted by molar-refractivity contribution is 5.70. The summed E-state index contributed by atoms with van der Waals surface area (Å²) in [4.78, 5) is 33.0. The van der Waals surface area contributed by atoms with Gasteiger partial charge in [0.15, 0.2) is 11.6 Å². The second-order valence-corrected chi connectivity index (χ2v) is 9.14. The number of ether oxygens (including phenoxy) is 1. The Bertz CT molecular complexity index is 893.